The maximum Gasteiger partial charge on any atom is 0.256 e. The highest BCUT2D eigenvalue weighted by atomic mass is 16.2. The summed E-state index contributed by atoms with van der Waals surface area (Å²) in [5.41, 5.74) is 2.47. The molecule has 0 saturated heterocycles. The Morgan fingerprint density at radius 3 is 2.50 bits per heavy atom. The summed E-state index contributed by atoms with van der Waals surface area (Å²) in [7, 11) is 0. The molecule has 2 aromatic rings. The first kappa shape index (κ1) is 18.1. The molecule has 5 nitrogen and oxygen atoms in total. The molecule has 0 radical (unpaired) electrons. The van der Waals surface area contributed by atoms with Gasteiger partial charge in [0, 0.05) is 24.2 Å². The van der Waals surface area contributed by atoms with Crippen molar-refractivity contribution in [3.8, 4) is 0 Å². The minimum atomic E-state index is -0.190. The normalized spacial score (nSPS) is 14.7. The van der Waals surface area contributed by atoms with Crippen LogP contribution in [-0.4, -0.2) is 16.8 Å². The second kappa shape index (κ2) is 8.61. The molecule has 1 saturated carbocycles. The second-order valence-corrected chi connectivity index (χ2v) is 6.87. The summed E-state index contributed by atoms with van der Waals surface area (Å²) in [5.74, 6) is 0.693. The Balaban J connectivity index is 1.53. The van der Waals surface area contributed by atoms with E-state index in [9.17, 15) is 9.59 Å². The number of hydrogen-bond acceptors (Lipinski definition) is 3. The molecule has 1 aromatic carbocycles. The van der Waals surface area contributed by atoms with Crippen molar-refractivity contribution in [3.63, 3.8) is 0 Å². The van der Waals surface area contributed by atoms with Gasteiger partial charge in [0.15, 0.2) is 0 Å². The van der Waals surface area contributed by atoms with Crippen molar-refractivity contribution in [1.82, 2.24) is 10.3 Å². The van der Waals surface area contributed by atoms with E-state index in [1.165, 1.54) is 6.42 Å². The third kappa shape index (κ3) is 4.69. The lowest BCUT2D eigenvalue weighted by Crippen LogP contribution is -2.31. The molecule has 0 unspecified atom stereocenters. The number of pyridine rings is 1. The van der Waals surface area contributed by atoms with Crippen LogP contribution in [0.4, 0.5) is 5.82 Å². The predicted molar refractivity (Wildman–Crippen MR) is 102 cm³/mol. The molecule has 26 heavy (non-hydrogen) atoms. The molecular weight excluding hydrogens is 326 g/mol. The van der Waals surface area contributed by atoms with Crippen LogP contribution in [0, 0.1) is 12.8 Å². The minimum absolute atomic E-state index is 0.150. The van der Waals surface area contributed by atoms with Crippen LogP contribution in [0.2, 0.25) is 0 Å². The number of nitrogens with zero attached hydrogens (tertiary/aromatic N) is 1. The molecule has 0 atom stereocenters. The van der Waals surface area contributed by atoms with Crippen molar-refractivity contribution < 1.29 is 9.59 Å². The van der Waals surface area contributed by atoms with E-state index in [1.807, 2.05) is 31.2 Å². The highest BCUT2D eigenvalue weighted by Gasteiger charge is 2.20. The van der Waals surface area contributed by atoms with Gasteiger partial charge in [-0.3, -0.25) is 9.59 Å². The Bertz CT molecular complexity index is 765. The molecule has 1 aromatic heterocycles. The summed E-state index contributed by atoms with van der Waals surface area (Å²) in [5, 5.41) is 5.83. The zero-order valence-corrected chi connectivity index (χ0v) is 15.1. The van der Waals surface area contributed by atoms with Gasteiger partial charge in [0.1, 0.15) is 5.82 Å². The van der Waals surface area contributed by atoms with Gasteiger partial charge in [-0.15, -0.1) is 0 Å². The third-order valence-electron chi connectivity index (χ3n) is 4.90. The lowest BCUT2D eigenvalue weighted by atomic mass is 9.88. The number of carbonyl (C=O) groups excluding carboxylic acids is 2. The van der Waals surface area contributed by atoms with Gasteiger partial charge in [0.2, 0.25) is 5.91 Å². The Hall–Kier alpha value is -2.69. The molecule has 5 heteroatoms. The van der Waals surface area contributed by atoms with Gasteiger partial charge >= 0.3 is 0 Å². The molecule has 2 amide bonds. The van der Waals surface area contributed by atoms with Crippen molar-refractivity contribution in [2.45, 2.75) is 45.6 Å². The molecule has 0 bridgehead atoms. The maximum absolute atomic E-state index is 12.3. The van der Waals surface area contributed by atoms with Crippen molar-refractivity contribution >= 4 is 17.6 Å². The standard InChI is InChI=1S/C21H25N3O2/c1-15-6-5-13-22-19(15)24-21(26)18-11-9-16(10-12-18)14-23-20(25)17-7-3-2-4-8-17/h5-6,9-13,17H,2-4,7-8,14H2,1H3,(H,23,25)(H,22,24,26). The van der Waals surface area contributed by atoms with E-state index in [0.29, 0.717) is 17.9 Å². The largest absolute Gasteiger partial charge is 0.352 e. The fourth-order valence-corrected chi connectivity index (χ4v) is 3.27. The van der Waals surface area contributed by atoms with E-state index in [4.69, 9.17) is 0 Å². The Kier molecular flexibility index (Phi) is 6.00. The van der Waals surface area contributed by atoms with Crippen molar-refractivity contribution in [1.29, 1.82) is 0 Å². The highest BCUT2D eigenvalue weighted by Crippen LogP contribution is 2.23. The third-order valence-corrected chi connectivity index (χ3v) is 4.90. The highest BCUT2D eigenvalue weighted by molar-refractivity contribution is 6.04. The molecule has 0 aliphatic heterocycles. The molecule has 1 heterocycles. The number of rotatable bonds is 5. The number of aromatic nitrogens is 1. The van der Waals surface area contributed by atoms with E-state index >= 15 is 0 Å². The van der Waals surface area contributed by atoms with Crippen LogP contribution < -0.4 is 10.6 Å². The average molecular weight is 351 g/mol. The summed E-state index contributed by atoms with van der Waals surface area (Å²) >= 11 is 0. The summed E-state index contributed by atoms with van der Waals surface area (Å²) in [6.07, 6.45) is 7.19. The number of aryl methyl sites for hydroxylation is 1. The van der Waals surface area contributed by atoms with Crippen LogP contribution >= 0.6 is 0 Å². The predicted octanol–water partition coefficient (Wildman–Crippen LogP) is 3.84. The monoisotopic (exact) mass is 351 g/mol. The first-order valence-electron chi connectivity index (χ1n) is 9.23. The van der Waals surface area contributed by atoms with Gasteiger partial charge in [-0.25, -0.2) is 4.98 Å². The summed E-state index contributed by atoms with van der Waals surface area (Å²) in [6, 6.07) is 11.0. The second-order valence-electron chi connectivity index (χ2n) is 6.87. The van der Waals surface area contributed by atoms with Gasteiger partial charge in [-0.1, -0.05) is 37.5 Å². The van der Waals surface area contributed by atoms with Gasteiger partial charge < -0.3 is 10.6 Å². The summed E-state index contributed by atoms with van der Waals surface area (Å²) < 4.78 is 0. The number of benzene rings is 1. The fraction of sp³-hybridized carbons (Fsp3) is 0.381. The van der Waals surface area contributed by atoms with Crippen molar-refractivity contribution in [2.75, 3.05) is 5.32 Å². The van der Waals surface area contributed by atoms with E-state index in [2.05, 4.69) is 15.6 Å². The molecule has 0 spiro atoms. The van der Waals surface area contributed by atoms with Gasteiger partial charge in [-0.2, -0.15) is 0 Å². The molecule has 1 fully saturated rings. The first-order chi connectivity index (χ1) is 12.6. The lowest BCUT2D eigenvalue weighted by Gasteiger charge is -2.20. The Morgan fingerprint density at radius 2 is 1.81 bits per heavy atom. The van der Waals surface area contributed by atoms with Crippen LogP contribution in [0.3, 0.4) is 0 Å². The zero-order chi connectivity index (χ0) is 18.4. The number of amides is 2. The van der Waals surface area contributed by atoms with Crippen LogP contribution in [0.5, 0.6) is 0 Å². The Labute approximate surface area is 154 Å². The zero-order valence-electron chi connectivity index (χ0n) is 15.1. The smallest absolute Gasteiger partial charge is 0.256 e. The summed E-state index contributed by atoms with van der Waals surface area (Å²) in [6.45, 7) is 2.40. The van der Waals surface area contributed by atoms with E-state index < -0.39 is 0 Å². The molecule has 136 valence electrons. The van der Waals surface area contributed by atoms with Crippen LogP contribution in [-0.2, 0) is 11.3 Å². The van der Waals surface area contributed by atoms with Crippen LogP contribution in [0.25, 0.3) is 0 Å². The quantitative estimate of drug-likeness (QED) is 0.860. The average Bonchev–Trinajstić information content (AvgIpc) is 2.69. The maximum atomic E-state index is 12.3. The van der Waals surface area contributed by atoms with Gasteiger partial charge in [-0.05, 0) is 49.1 Å². The van der Waals surface area contributed by atoms with E-state index in [1.54, 1.807) is 18.3 Å². The molecule has 1 aliphatic rings. The van der Waals surface area contributed by atoms with E-state index in [-0.39, 0.29) is 17.7 Å². The summed E-state index contributed by atoms with van der Waals surface area (Å²) in [4.78, 5) is 28.7. The van der Waals surface area contributed by atoms with E-state index in [0.717, 1.165) is 36.8 Å². The number of hydrogen-bond donors (Lipinski definition) is 2. The lowest BCUT2D eigenvalue weighted by molar-refractivity contribution is -0.126. The first-order valence-corrected chi connectivity index (χ1v) is 9.23. The Morgan fingerprint density at radius 1 is 1.08 bits per heavy atom. The van der Waals surface area contributed by atoms with Gasteiger partial charge in [0.05, 0.1) is 0 Å². The molecule has 1 aliphatic carbocycles. The van der Waals surface area contributed by atoms with Gasteiger partial charge in [0.25, 0.3) is 5.91 Å². The number of carbonyl (C=O) groups is 2. The van der Waals surface area contributed by atoms with Crippen LogP contribution in [0.15, 0.2) is 42.6 Å². The number of anilines is 1. The minimum Gasteiger partial charge on any atom is -0.352 e. The topological polar surface area (TPSA) is 71.1 Å². The number of nitrogens with one attached hydrogen (secondary N) is 2. The molecule has 3 rings (SSSR count). The van der Waals surface area contributed by atoms with Crippen molar-refractivity contribution in [2.24, 2.45) is 5.92 Å². The molecule has 2 N–H and O–H groups in total. The molecular formula is C21H25N3O2. The SMILES string of the molecule is Cc1cccnc1NC(=O)c1ccc(CNC(=O)C2CCCCC2)cc1. The fourth-order valence-electron chi connectivity index (χ4n) is 3.27. The van der Waals surface area contributed by atoms with Crippen LogP contribution in [0.1, 0.15) is 53.6 Å². The van der Waals surface area contributed by atoms with Crippen molar-refractivity contribution in [3.05, 3.63) is 59.3 Å².